The highest BCUT2D eigenvalue weighted by molar-refractivity contribution is 8.03. The van der Waals surface area contributed by atoms with Crippen molar-refractivity contribution in [2.75, 3.05) is 18.2 Å². The van der Waals surface area contributed by atoms with Crippen LogP contribution in [-0.4, -0.2) is 30.6 Å². The Labute approximate surface area is 184 Å². The molecule has 0 saturated heterocycles. The van der Waals surface area contributed by atoms with E-state index in [9.17, 15) is 19.6 Å². The summed E-state index contributed by atoms with van der Waals surface area (Å²) in [6.45, 7) is 1.89. The highest BCUT2D eigenvalue weighted by Crippen LogP contribution is 2.40. The zero-order valence-corrected chi connectivity index (χ0v) is 17.9. The molecule has 1 aliphatic rings. The summed E-state index contributed by atoms with van der Waals surface area (Å²) in [4.78, 5) is 37.5. The molecule has 8 heteroatoms. The van der Waals surface area contributed by atoms with Crippen molar-refractivity contribution in [3.05, 3.63) is 76.3 Å². The molecule has 2 aromatic carbocycles. The molecule has 0 aromatic heterocycles. The second-order valence-corrected chi connectivity index (χ2v) is 7.87. The summed E-state index contributed by atoms with van der Waals surface area (Å²) in [5, 5.41) is 15.6. The van der Waals surface area contributed by atoms with Crippen LogP contribution < -0.4 is 10.6 Å². The van der Waals surface area contributed by atoms with Crippen molar-refractivity contribution in [3.8, 4) is 6.07 Å². The van der Waals surface area contributed by atoms with Gasteiger partial charge in [0.15, 0.2) is 0 Å². The molecule has 0 saturated carbocycles. The number of methoxy groups -OCH3 is 1. The molecule has 158 valence electrons. The van der Waals surface area contributed by atoms with Crippen LogP contribution in [0.1, 0.15) is 17.0 Å². The third kappa shape index (κ3) is 4.95. The first-order chi connectivity index (χ1) is 15.0. The van der Waals surface area contributed by atoms with Gasteiger partial charge in [0.1, 0.15) is 5.92 Å². The Bertz CT molecular complexity index is 1080. The molecule has 0 radical (unpaired) electrons. The van der Waals surface area contributed by atoms with Crippen LogP contribution in [0.25, 0.3) is 0 Å². The van der Waals surface area contributed by atoms with Crippen LogP contribution in [0.4, 0.5) is 5.69 Å². The Kier molecular flexibility index (Phi) is 7.11. The molecule has 0 fully saturated rings. The van der Waals surface area contributed by atoms with Gasteiger partial charge < -0.3 is 15.4 Å². The molecule has 1 heterocycles. The lowest BCUT2D eigenvalue weighted by Crippen LogP contribution is -2.44. The lowest BCUT2D eigenvalue weighted by Gasteiger charge is -2.30. The topological polar surface area (TPSA) is 108 Å². The summed E-state index contributed by atoms with van der Waals surface area (Å²) in [6.07, 6.45) is 0. The molecule has 0 spiro atoms. The van der Waals surface area contributed by atoms with E-state index in [2.05, 4.69) is 16.7 Å². The first-order valence-corrected chi connectivity index (χ1v) is 10.5. The molecule has 2 amide bonds. The third-order valence-corrected chi connectivity index (χ3v) is 5.93. The maximum Gasteiger partial charge on any atom is 0.319 e. The van der Waals surface area contributed by atoms with Crippen molar-refractivity contribution in [1.29, 1.82) is 5.26 Å². The predicted octanol–water partition coefficient (Wildman–Crippen LogP) is 3.10. The number of para-hydroxylation sites is 1. The number of nitrogens with one attached hydrogen (secondary N) is 2. The van der Waals surface area contributed by atoms with Crippen molar-refractivity contribution in [2.24, 2.45) is 5.92 Å². The van der Waals surface area contributed by atoms with Gasteiger partial charge in [0.25, 0.3) is 0 Å². The molecule has 2 N–H and O–H groups in total. The fourth-order valence-corrected chi connectivity index (χ4v) is 4.23. The van der Waals surface area contributed by atoms with Crippen molar-refractivity contribution in [1.82, 2.24) is 5.32 Å². The molecule has 0 aliphatic carbocycles. The Morgan fingerprint density at radius 1 is 1.16 bits per heavy atom. The molecule has 3 rings (SSSR count). The van der Waals surface area contributed by atoms with E-state index in [0.717, 1.165) is 17.3 Å². The van der Waals surface area contributed by atoms with Gasteiger partial charge in [0.2, 0.25) is 11.8 Å². The summed E-state index contributed by atoms with van der Waals surface area (Å²) in [5.41, 5.74) is 2.48. The van der Waals surface area contributed by atoms with Crippen LogP contribution in [0.3, 0.4) is 0 Å². The predicted molar refractivity (Wildman–Crippen MR) is 118 cm³/mol. The number of thioether (sulfide) groups is 1. The maximum absolute atomic E-state index is 12.8. The summed E-state index contributed by atoms with van der Waals surface area (Å²) in [6, 6.07) is 18.4. The minimum atomic E-state index is -1.19. The third-order valence-electron chi connectivity index (χ3n) is 4.91. The zero-order valence-electron chi connectivity index (χ0n) is 17.0. The molecular weight excluding hydrogens is 414 g/mol. The van der Waals surface area contributed by atoms with Crippen LogP contribution in [0.2, 0.25) is 0 Å². The Morgan fingerprint density at radius 2 is 1.84 bits per heavy atom. The molecule has 0 bridgehead atoms. The number of amides is 2. The SMILES string of the molecule is COC(=O)[C@H]1C(=O)NC(SCC(=O)Nc2ccccc2C)=C(C#N)[C@H]1c1ccccc1. The lowest BCUT2D eigenvalue weighted by molar-refractivity contribution is -0.150. The summed E-state index contributed by atoms with van der Waals surface area (Å²) in [5.74, 6) is -3.56. The minimum absolute atomic E-state index is 0.0144. The number of nitriles is 1. The number of hydrogen-bond acceptors (Lipinski definition) is 6. The van der Waals surface area contributed by atoms with Crippen LogP contribution in [-0.2, 0) is 19.1 Å². The van der Waals surface area contributed by atoms with Gasteiger partial charge in [-0.2, -0.15) is 5.26 Å². The van der Waals surface area contributed by atoms with Gasteiger partial charge in [0.05, 0.1) is 29.5 Å². The monoisotopic (exact) mass is 435 g/mol. The fraction of sp³-hybridized carbons (Fsp3) is 0.217. The van der Waals surface area contributed by atoms with Crippen molar-refractivity contribution in [3.63, 3.8) is 0 Å². The molecule has 1 aliphatic heterocycles. The van der Waals surface area contributed by atoms with Gasteiger partial charge in [-0.05, 0) is 24.1 Å². The Balaban J connectivity index is 1.87. The first-order valence-electron chi connectivity index (χ1n) is 9.52. The standard InChI is InChI=1S/C23H21N3O4S/c1-14-8-6-7-11-17(14)25-18(27)13-31-22-16(12-24)19(15-9-4-3-5-10-15)20(21(28)26-22)23(29)30-2/h3-11,19-20H,13H2,1-2H3,(H,25,27)(H,26,28)/t19-,20-/m1/s1. The number of carbonyl (C=O) groups is 3. The van der Waals surface area contributed by atoms with Gasteiger partial charge >= 0.3 is 5.97 Å². The van der Waals surface area contributed by atoms with E-state index in [4.69, 9.17) is 4.74 Å². The molecule has 31 heavy (non-hydrogen) atoms. The number of rotatable bonds is 6. The van der Waals surface area contributed by atoms with Crippen LogP contribution in [0, 0.1) is 24.2 Å². The van der Waals surface area contributed by atoms with Crippen LogP contribution in [0.5, 0.6) is 0 Å². The van der Waals surface area contributed by atoms with Gasteiger partial charge in [-0.1, -0.05) is 60.3 Å². The molecular formula is C23H21N3O4S. The quantitative estimate of drug-likeness (QED) is 0.533. The Hall–Kier alpha value is -3.57. The van der Waals surface area contributed by atoms with Gasteiger partial charge in [-0.25, -0.2) is 0 Å². The van der Waals surface area contributed by atoms with E-state index in [1.807, 2.05) is 25.1 Å². The molecule has 2 aromatic rings. The number of allylic oxidation sites excluding steroid dienone is 1. The van der Waals surface area contributed by atoms with Crippen molar-refractivity contribution < 1.29 is 19.1 Å². The molecule has 7 nitrogen and oxygen atoms in total. The lowest BCUT2D eigenvalue weighted by atomic mass is 9.78. The number of benzene rings is 2. The number of aryl methyl sites for hydroxylation is 1. The summed E-state index contributed by atoms with van der Waals surface area (Å²) < 4.78 is 4.81. The highest BCUT2D eigenvalue weighted by Gasteiger charge is 2.44. The largest absolute Gasteiger partial charge is 0.468 e. The van der Waals surface area contributed by atoms with Crippen molar-refractivity contribution >= 4 is 35.2 Å². The van der Waals surface area contributed by atoms with E-state index in [-0.39, 0.29) is 22.3 Å². The highest BCUT2D eigenvalue weighted by atomic mass is 32.2. The van der Waals surface area contributed by atoms with Gasteiger partial charge in [0, 0.05) is 11.6 Å². The number of esters is 1. The van der Waals surface area contributed by atoms with Crippen molar-refractivity contribution in [2.45, 2.75) is 12.8 Å². The zero-order chi connectivity index (χ0) is 22.4. The summed E-state index contributed by atoms with van der Waals surface area (Å²) >= 11 is 1.05. The van der Waals surface area contributed by atoms with E-state index < -0.39 is 23.7 Å². The van der Waals surface area contributed by atoms with E-state index in [1.54, 1.807) is 36.4 Å². The minimum Gasteiger partial charge on any atom is -0.468 e. The molecule has 2 atom stereocenters. The van der Waals surface area contributed by atoms with E-state index >= 15 is 0 Å². The van der Waals surface area contributed by atoms with E-state index in [0.29, 0.717) is 11.3 Å². The number of ether oxygens (including phenoxy) is 1. The number of hydrogen-bond donors (Lipinski definition) is 2. The van der Waals surface area contributed by atoms with Crippen LogP contribution >= 0.6 is 11.8 Å². The number of nitrogens with zero attached hydrogens (tertiary/aromatic N) is 1. The Morgan fingerprint density at radius 3 is 2.48 bits per heavy atom. The normalized spacial score (nSPS) is 18.0. The number of anilines is 1. The maximum atomic E-state index is 12.8. The second kappa shape index (κ2) is 9.96. The summed E-state index contributed by atoms with van der Waals surface area (Å²) in [7, 11) is 1.20. The second-order valence-electron chi connectivity index (χ2n) is 6.88. The smallest absolute Gasteiger partial charge is 0.319 e. The van der Waals surface area contributed by atoms with Crippen LogP contribution in [0.15, 0.2) is 65.2 Å². The van der Waals surface area contributed by atoms with Gasteiger partial charge in [-0.15, -0.1) is 0 Å². The fourth-order valence-electron chi connectivity index (χ4n) is 3.38. The molecule has 0 unspecified atom stereocenters. The number of carbonyl (C=O) groups excluding carboxylic acids is 3. The van der Waals surface area contributed by atoms with E-state index in [1.165, 1.54) is 7.11 Å². The van der Waals surface area contributed by atoms with Gasteiger partial charge in [-0.3, -0.25) is 14.4 Å². The first kappa shape index (κ1) is 22.1. The average molecular weight is 436 g/mol. The average Bonchev–Trinajstić information content (AvgIpc) is 2.78.